The molecule has 0 spiro atoms. The number of hydrogen-bond acceptors (Lipinski definition) is 5. The molecule has 8 nitrogen and oxygen atoms in total. The van der Waals surface area contributed by atoms with Crippen LogP contribution >= 0.6 is 0 Å². The van der Waals surface area contributed by atoms with Crippen molar-refractivity contribution in [2.24, 2.45) is 5.41 Å². The fourth-order valence-corrected chi connectivity index (χ4v) is 6.23. The lowest BCUT2D eigenvalue weighted by atomic mass is 9.82. The Bertz CT molecular complexity index is 1600. The summed E-state index contributed by atoms with van der Waals surface area (Å²) in [7, 11) is 0. The highest BCUT2D eigenvalue weighted by Crippen LogP contribution is 2.37. The van der Waals surface area contributed by atoms with E-state index in [1.807, 2.05) is 48.2 Å². The molecule has 4 heterocycles. The third-order valence-corrected chi connectivity index (χ3v) is 8.50. The first-order valence-electron chi connectivity index (χ1n) is 14.3. The predicted octanol–water partition coefficient (Wildman–Crippen LogP) is 5.19. The molecule has 0 bridgehead atoms. The Morgan fingerprint density at radius 3 is 2.85 bits per heavy atom. The SMILES string of the molecule is C=CCC1(C(=O)Nc2ccc3[nH]nc(-c4ccnc(C)c4)c3c2)CCN(CC(=O)N2CC=C(C3=CCC=C3)CC2)C1. The van der Waals surface area contributed by atoms with E-state index < -0.39 is 5.41 Å². The quantitative estimate of drug-likeness (QED) is 0.378. The minimum absolute atomic E-state index is 0.0417. The molecule has 8 heteroatoms. The Kier molecular flexibility index (Phi) is 7.41. The second-order valence-corrected chi connectivity index (χ2v) is 11.3. The molecular formula is C33H36N6O2. The summed E-state index contributed by atoms with van der Waals surface area (Å²) in [5.74, 6) is 0.0790. The van der Waals surface area contributed by atoms with Gasteiger partial charge in [-0.15, -0.1) is 6.58 Å². The first-order chi connectivity index (χ1) is 19.9. The average Bonchev–Trinajstić information content (AvgIpc) is 3.74. The largest absolute Gasteiger partial charge is 0.338 e. The van der Waals surface area contributed by atoms with Crippen LogP contribution in [0.1, 0.15) is 31.4 Å². The number of benzene rings is 1. The molecule has 1 fully saturated rings. The number of aromatic amines is 1. The molecule has 210 valence electrons. The lowest BCUT2D eigenvalue weighted by molar-refractivity contribution is -0.132. The number of likely N-dealkylation sites (tertiary alicyclic amines) is 1. The smallest absolute Gasteiger partial charge is 0.237 e. The fourth-order valence-electron chi connectivity index (χ4n) is 6.23. The summed E-state index contributed by atoms with van der Waals surface area (Å²) in [6, 6.07) is 9.74. The van der Waals surface area contributed by atoms with Crippen LogP contribution in [0.4, 0.5) is 5.69 Å². The maximum Gasteiger partial charge on any atom is 0.237 e. The predicted molar refractivity (Wildman–Crippen MR) is 162 cm³/mol. The first-order valence-corrected chi connectivity index (χ1v) is 14.3. The van der Waals surface area contributed by atoms with E-state index in [2.05, 4.69) is 56.3 Å². The minimum Gasteiger partial charge on any atom is -0.338 e. The molecule has 1 atom stereocenters. The van der Waals surface area contributed by atoms with Gasteiger partial charge in [-0.2, -0.15) is 5.10 Å². The Hall–Kier alpha value is -4.30. The van der Waals surface area contributed by atoms with Crippen molar-refractivity contribution in [3.8, 4) is 11.3 Å². The number of hydrogen-bond donors (Lipinski definition) is 2. The van der Waals surface area contributed by atoms with E-state index in [9.17, 15) is 9.59 Å². The monoisotopic (exact) mass is 548 g/mol. The van der Waals surface area contributed by atoms with Crippen molar-refractivity contribution in [2.75, 3.05) is 38.0 Å². The molecule has 1 aliphatic carbocycles. The van der Waals surface area contributed by atoms with Gasteiger partial charge in [-0.1, -0.05) is 30.4 Å². The highest BCUT2D eigenvalue weighted by atomic mass is 16.2. The van der Waals surface area contributed by atoms with Gasteiger partial charge in [-0.25, -0.2) is 0 Å². The molecule has 0 radical (unpaired) electrons. The zero-order valence-electron chi connectivity index (χ0n) is 23.5. The molecule has 1 aromatic carbocycles. The van der Waals surface area contributed by atoms with Crippen LogP contribution in [0.2, 0.25) is 0 Å². The summed E-state index contributed by atoms with van der Waals surface area (Å²) in [4.78, 5) is 35.3. The number of carbonyl (C=O) groups is 2. The second-order valence-electron chi connectivity index (χ2n) is 11.3. The maximum absolute atomic E-state index is 13.8. The number of anilines is 1. The van der Waals surface area contributed by atoms with Crippen LogP contribution in [0.25, 0.3) is 22.2 Å². The van der Waals surface area contributed by atoms with Crippen molar-refractivity contribution in [3.63, 3.8) is 0 Å². The van der Waals surface area contributed by atoms with Crippen LogP contribution in [-0.4, -0.2) is 69.5 Å². The van der Waals surface area contributed by atoms with Crippen molar-refractivity contribution in [3.05, 3.63) is 90.3 Å². The number of rotatable bonds is 8. The van der Waals surface area contributed by atoms with Gasteiger partial charge in [0.2, 0.25) is 11.8 Å². The average molecular weight is 549 g/mol. The van der Waals surface area contributed by atoms with E-state index in [4.69, 9.17) is 0 Å². The number of aryl methyl sites for hydroxylation is 1. The normalized spacial score (nSPS) is 20.8. The number of fused-ring (bicyclic) bond motifs is 1. The molecule has 2 aromatic heterocycles. The Morgan fingerprint density at radius 2 is 2.10 bits per heavy atom. The van der Waals surface area contributed by atoms with Crippen molar-refractivity contribution >= 4 is 28.4 Å². The van der Waals surface area contributed by atoms with Crippen LogP contribution < -0.4 is 5.32 Å². The van der Waals surface area contributed by atoms with Crippen LogP contribution in [0.5, 0.6) is 0 Å². The van der Waals surface area contributed by atoms with Crippen molar-refractivity contribution in [2.45, 2.75) is 32.6 Å². The fraction of sp³-hybridized carbons (Fsp3) is 0.333. The molecule has 2 aliphatic heterocycles. The van der Waals surface area contributed by atoms with Gasteiger partial charge in [0.15, 0.2) is 0 Å². The number of aromatic nitrogens is 3. The van der Waals surface area contributed by atoms with Gasteiger partial charge in [-0.05, 0) is 80.6 Å². The van der Waals surface area contributed by atoms with E-state index >= 15 is 0 Å². The molecule has 41 heavy (non-hydrogen) atoms. The molecule has 1 unspecified atom stereocenters. The zero-order valence-corrected chi connectivity index (χ0v) is 23.5. The molecular weight excluding hydrogens is 512 g/mol. The minimum atomic E-state index is -0.630. The summed E-state index contributed by atoms with van der Waals surface area (Å²) in [5.41, 5.74) is 6.33. The summed E-state index contributed by atoms with van der Waals surface area (Å²) >= 11 is 0. The molecule has 2 N–H and O–H groups in total. The second kappa shape index (κ2) is 11.3. The molecule has 6 rings (SSSR count). The molecule has 1 saturated heterocycles. The Balaban J connectivity index is 1.12. The number of nitrogens with zero attached hydrogens (tertiary/aromatic N) is 4. The van der Waals surface area contributed by atoms with Gasteiger partial charge in [-0.3, -0.25) is 24.6 Å². The van der Waals surface area contributed by atoms with Gasteiger partial charge >= 0.3 is 0 Å². The summed E-state index contributed by atoms with van der Waals surface area (Å²) < 4.78 is 0. The molecule has 3 aliphatic rings. The lowest BCUT2D eigenvalue weighted by Gasteiger charge is -2.30. The number of pyridine rings is 1. The van der Waals surface area contributed by atoms with Crippen molar-refractivity contribution < 1.29 is 9.59 Å². The third-order valence-electron chi connectivity index (χ3n) is 8.50. The molecule has 3 aromatic rings. The van der Waals surface area contributed by atoms with Gasteiger partial charge in [0.1, 0.15) is 5.69 Å². The van der Waals surface area contributed by atoms with Crippen LogP contribution in [0.3, 0.4) is 0 Å². The standard InChI is InChI=1S/C33H36N6O2/c1-3-13-33(14-18-38(22-33)21-30(40)39-16-11-25(12-17-39)24-6-4-5-7-24)32(41)35-27-8-9-29-28(20-27)31(37-36-29)26-10-15-34-23(2)19-26/h3-4,6-11,15,19-20H,1,5,12-14,16-18,21-22H2,2H3,(H,35,41)(H,36,37). The number of amides is 2. The van der Waals surface area contributed by atoms with Crippen molar-refractivity contribution in [1.29, 1.82) is 0 Å². The molecule has 0 saturated carbocycles. The van der Waals surface area contributed by atoms with Gasteiger partial charge < -0.3 is 10.2 Å². The summed E-state index contributed by atoms with van der Waals surface area (Å²) in [6.45, 7) is 8.82. The van der Waals surface area contributed by atoms with Gasteiger partial charge in [0, 0.05) is 48.2 Å². The number of allylic oxidation sites excluding steroid dienone is 5. The Labute approximate surface area is 240 Å². The zero-order chi connectivity index (χ0) is 28.4. The number of H-pyrrole nitrogens is 1. The van der Waals surface area contributed by atoms with Crippen LogP contribution in [-0.2, 0) is 9.59 Å². The Morgan fingerprint density at radius 1 is 1.20 bits per heavy atom. The molecule has 2 amide bonds. The highest BCUT2D eigenvalue weighted by Gasteiger charge is 2.44. The van der Waals surface area contributed by atoms with Crippen molar-refractivity contribution in [1.82, 2.24) is 25.0 Å². The summed E-state index contributed by atoms with van der Waals surface area (Å²) in [5, 5.41) is 11.7. The number of nitrogens with one attached hydrogen (secondary N) is 2. The van der Waals surface area contributed by atoms with Crippen LogP contribution in [0.15, 0.2) is 84.6 Å². The third kappa shape index (κ3) is 5.52. The van der Waals surface area contributed by atoms with E-state index in [1.165, 1.54) is 11.1 Å². The topological polar surface area (TPSA) is 94.2 Å². The number of carbonyl (C=O) groups excluding carboxylic acids is 2. The summed E-state index contributed by atoms with van der Waals surface area (Å²) in [6.07, 6.45) is 15.5. The van der Waals surface area contributed by atoms with Gasteiger partial charge in [0.05, 0.1) is 17.5 Å². The highest BCUT2D eigenvalue weighted by molar-refractivity contribution is 6.00. The maximum atomic E-state index is 13.8. The van der Waals surface area contributed by atoms with E-state index in [1.54, 1.807) is 6.20 Å². The van der Waals surface area contributed by atoms with E-state index in [-0.39, 0.29) is 11.8 Å². The van der Waals surface area contributed by atoms with Gasteiger partial charge in [0.25, 0.3) is 0 Å². The van der Waals surface area contributed by atoms with Crippen LogP contribution in [0, 0.1) is 12.3 Å². The van der Waals surface area contributed by atoms with E-state index in [0.717, 1.165) is 52.9 Å². The lowest BCUT2D eigenvalue weighted by Crippen LogP contribution is -2.43. The first kappa shape index (κ1) is 26.9. The van der Waals surface area contributed by atoms with E-state index in [0.29, 0.717) is 39.0 Å².